The van der Waals surface area contributed by atoms with Gasteiger partial charge in [-0.3, -0.25) is 0 Å². The topological polar surface area (TPSA) is 55.0 Å². The van der Waals surface area contributed by atoms with Crippen molar-refractivity contribution in [2.24, 2.45) is 11.7 Å². The molecule has 1 heterocycles. The van der Waals surface area contributed by atoms with Gasteiger partial charge in [0.1, 0.15) is 5.82 Å². The van der Waals surface area contributed by atoms with Gasteiger partial charge in [0.15, 0.2) is 0 Å². The molecule has 0 radical (unpaired) electrons. The first-order chi connectivity index (χ1) is 8.10. The summed E-state index contributed by atoms with van der Waals surface area (Å²) in [5, 5.41) is 0. The van der Waals surface area contributed by atoms with Crippen LogP contribution in [-0.4, -0.2) is 35.5 Å². The molecule has 0 saturated heterocycles. The van der Waals surface area contributed by atoms with Crippen molar-refractivity contribution in [3.63, 3.8) is 0 Å². The normalized spacial score (nSPS) is 19.5. The first-order valence-electron chi connectivity index (χ1n) is 6.30. The molecule has 1 unspecified atom stereocenters. The molecule has 0 saturated carbocycles. The number of aromatic nitrogens is 2. The molecule has 0 spiro atoms. The molecule has 1 aliphatic carbocycles. The van der Waals surface area contributed by atoms with E-state index in [1.165, 1.54) is 17.7 Å². The molecule has 0 fully saturated rings. The van der Waals surface area contributed by atoms with Crippen LogP contribution in [0.1, 0.15) is 29.2 Å². The number of rotatable bonds is 3. The highest BCUT2D eigenvalue weighted by atomic mass is 15.1. The minimum absolute atomic E-state index is 0.615. The first kappa shape index (κ1) is 12.5. The van der Waals surface area contributed by atoms with Crippen molar-refractivity contribution in [3.8, 4) is 0 Å². The number of hydrogen-bond acceptors (Lipinski definition) is 4. The number of hydrogen-bond donors (Lipinski definition) is 1. The Hall–Kier alpha value is -1.00. The van der Waals surface area contributed by atoms with Gasteiger partial charge in [0.25, 0.3) is 0 Å². The largest absolute Gasteiger partial charge is 0.330 e. The van der Waals surface area contributed by atoms with Crippen LogP contribution >= 0.6 is 0 Å². The SMILES string of the molecule is Cc1nc(CN(C)C)nc2c1CC(CN)CC2. The van der Waals surface area contributed by atoms with Gasteiger partial charge in [-0.05, 0) is 58.3 Å². The lowest BCUT2D eigenvalue weighted by atomic mass is 9.86. The third-order valence-electron chi connectivity index (χ3n) is 3.42. The Morgan fingerprint density at radius 1 is 1.35 bits per heavy atom. The van der Waals surface area contributed by atoms with Crippen LogP contribution in [-0.2, 0) is 19.4 Å². The van der Waals surface area contributed by atoms with E-state index >= 15 is 0 Å². The lowest BCUT2D eigenvalue weighted by Crippen LogP contribution is -2.25. The second-order valence-electron chi connectivity index (χ2n) is 5.23. The average molecular weight is 234 g/mol. The van der Waals surface area contributed by atoms with Crippen LogP contribution in [0.5, 0.6) is 0 Å². The molecule has 1 atom stereocenters. The van der Waals surface area contributed by atoms with Crippen LogP contribution in [0.15, 0.2) is 0 Å². The van der Waals surface area contributed by atoms with Crippen molar-refractivity contribution >= 4 is 0 Å². The Labute approximate surface area is 103 Å². The van der Waals surface area contributed by atoms with E-state index < -0.39 is 0 Å². The zero-order chi connectivity index (χ0) is 12.4. The predicted molar refractivity (Wildman–Crippen MR) is 68.7 cm³/mol. The molecule has 1 aliphatic rings. The summed E-state index contributed by atoms with van der Waals surface area (Å²) in [5.41, 5.74) is 9.49. The van der Waals surface area contributed by atoms with E-state index in [-0.39, 0.29) is 0 Å². The van der Waals surface area contributed by atoms with Crippen LogP contribution in [0.2, 0.25) is 0 Å². The minimum atomic E-state index is 0.615. The molecule has 0 aliphatic heterocycles. The molecule has 2 N–H and O–H groups in total. The fourth-order valence-electron chi connectivity index (χ4n) is 2.48. The van der Waals surface area contributed by atoms with E-state index in [1.807, 2.05) is 14.1 Å². The highest BCUT2D eigenvalue weighted by Crippen LogP contribution is 2.25. The third-order valence-corrected chi connectivity index (χ3v) is 3.42. The summed E-state index contributed by atoms with van der Waals surface area (Å²) in [7, 11) is 4.09. The number of nitrogens with zero attached hydrogens (tertiary/aromatic N) is 3. The Kier molecular flexibility index (Phi) is 3.74. The summed E-state index contributed by atoms with van der Waals surface area (Å²) >= 11 is 0. The molecule has 4 heteroatoms. The highest BCUT2D eigenvalue weighted by molar-refractivity contribution is 5.28. The summed E-state index contributed by atoms with van der Waals surface area (Å²) < 4.78 is 0. The van der Waals surface area contributed by atoms with Gasteiger partial charge in [-0.25, -0.2) is 9.97 Å². The molecular formula is C13H22N4. The predicted octanol–water partition coefficient (Wildman–Crippen LogP) is 0.910. The van der Waals surface area contributed by atoms with Gasteiger partial charge in [0.2, 0.25) is 0 Å². The Balaban J connectivity index is 2.26. The van der Waals surface area contributed by atoms with Crippen molar-refractivity contribution < 1.29 is 0 Å². The van der Waals surface area contributed by atoms with Crippen LogP contribution < -0.4 is 5.73 Å². The van der Waals surface area contributed by atoms with E-state index in [0.717, 1.165) is 37.4 Å². The highest BCUT2D eigenvalue weighted by Gasteiger charge is 2.21. The van der Waals surface area contributed by atoms with Gasteiger partial charge >= 0.3 is 0 Å². The fraction of sp³-hybridized carbons (Fsp3) is 0.692. The second-order valence-corrected chi connectivity index (χ2v) is 5.23. The molecule has 17 heavy (non-hydrogen) atoms. The molecule has 0 aromatic carbocycles. The molecule has 94 valence electrons. The maximum absolute atomic E-state index is 5.76. The van der Waals surface area contributed by atoms with Crippen molar-refractivity contribution in [1.82, 2.24) is 14.9 Å². The molecule has 1 aromatic heterocycles. The summed E-state index contributed by atoms with van der Waals surface area (Å²) in [6.45, 7) is 3.69. The van der Waals surface area contributed by atoms with Crippen LogP contribution in [0, 0.1) is 12.8 Å². The first-order valence-corrected chi connectivity index (χ1v) is 6.30. The van der Waals surface area contributed by atoms with E-state index in [1.54, 1.807) is 0 Å². The summed E-state index contributed by atoms with van der Waals surface area (Å²) in [6.07, 6.45) is 3.28. The third kappa shape index (κ3) is 2.82. The molecule has 2 rings (SSSR count). The maximum atomic E-state index is 5.76. The van der Waals surface area contributed by atoms with E-state index in [0.29, 0.717) is 5.92 Å². The second kappa shape index (κ2) is 5.10. The van der Waals surface area contributed by atoms with E-state index in [2.05, 4.69) is 21.8 Å². The van der Waals surface area contributed by atoms with Crippen molar-refractivity contribution in [2.75, 3.05) is 20.6 Å². The zero-order valence-corrected chi connectivity index (χ0v) is 11.0. The zero-order valence-electron chi connectivity index (χ0n) is 11.0. The summed E-state index contributed by atoms with van der Waals surface area (Å²) in [4.78, 5) is 11.4. The molecule has 0 bridgehead atoms. The van der Waals surface area contributed by atoms with Crippen molar-refractivity contribution in [2.45, 2.75) is 32.7 Å². The van der Waals surface area contributed by atoms with Gasteiger partial charge < -0.3 is 10.6 Å². The monoisotopic (exact) mass is 234 g/mol. The smallest absolute Gasteiger partial charge is 0.142 e. The summed E-state index contributed by atoms with van der Waals surface area (Å²) in [5.74, 6) is 1.56. The van der Waals surface area contributed by atoms with Gasteiger partial charge in [-0.1, -0.05) is 0 Å². The molecular weight excluding hydrogens is 212 g/mol. The molecule has 1 aromatic rings. The lowest BCUT2D eigenvalue weighted by molar-refractivity contribution is 0.386. The van der Waals surface area contributed by atoms with Crippen molar-refractivity contribution in [1.29, 1.82) is 0 Å². The average Bonchev–Trinajstić information content (AvgIpc) is 2.28. The minimum Gasteiger partial charge on any atom is -0.330 e. The Morgan fingerprint density at radius 3 is 2.76 bits per heavy atom. The number of fused-ring (bicyclic) bond motifs is 1. The van der Waals surface area contributed by atoms with E-state index in [9.17, 15) is 0 Å². The maximum Gasteiger partial charge on any atom is 0.142 e. The standard InChI is InChI=1S/C13H22N4/c1-9-11-6-10(7-14)4-5-12(11)16-13(15-9)8-17(2)3/h10H,4-8,14H2,1-3H3. The van der Waals surface area contributed by atoms with Gasteiger partial charge in [-0.2, -0.15) is 0 Å². The van der Waals surface area contributed by atoms with Crippen molar-refractivity contribution in [3.05, 3.63) is 22.8 Å². The molecule has 4 nitrogen and oxygen atoms in total. The van der Waals surface area contributed by atoms with Gasteiger partial charge in [0.05, 0.1) is 6.54 Å². The summed E-state index contributed by atoms with van der Waals surface area (Å²) in [6, 6.07) is 0. The Morgan fingerprint density at radius 2 is 2.12 bits per heavy atom. The quantitative estimate of drug-likeness (QED) is 0.844. The lowest BCUT2D eigenvalue weighted by Gasteiger charge is -2.24. The van der Waals surface area contributed by atoms with Crippen LogP contribution in [0.25, 0.3) is 0 Å². The number of nitrogens with two attached hydrogens (primary N) is 1. The number of aryl methyl sites for hydroxylation is 2. The van der Waals surface area contributed by atoms with Crippen LogP contribution in [0.4, 0.5) is 0 Å². The van der Waals surface area contributed by atoms with Gasteiger partial charge in [0, 0.05) is 11.4 Å². The molecule has 0 amide bonds. The Bertz CT molecular complexity index is 401. The van der Waals surface area contributed by atoms with Crippen LogP contribution in [0.3, 0.4) is 0 Å². The fourth-order valence-corrected chi connectivity index (χ4v) is 2.48. The van der Waals surface area contributed by atoms with E-state index in [4.69, 9.17) is 5.73 Å². The van der Waals surface area contributed by atoms with Gasteiger partial charge in [-0.15, -0.1) is 0 Å².